The number of nitrogens with zero attached hydrogens (tertiary/aromatic N) is 4. The molecule has 4 rings (SSSR count). The van der Waals surface area contributed by atoms with Crippen LogP contribution in [0, 0.1) is 17.4 Å². The zero-order valence-corrected chi connectivity index (χ0v) is 20.2. The van der Waals surface area contributed by atoms with Crippen LogP contribution in [-0.4, -0.2) is 26.3 Å². The molecule has 0 amide bonds. The maximum Gasteiger partial charge on any atom is 0.250 e. The Kier molecular flexibility index (Phi) is 6.98. The Morgan fingerprint density at radius 1 is 0.848 bits per heavy atom. The van der Waals surface area contributed by atoms with Crippen LogP contribution >= 0.6 is 22.6 Å². The van der Waals surface area contributed by atoms with Crippen molar-refractivity contribution in [2.24, 2.45) is 5.10 Å². The lowest BCUT2D eigenvalue weighted by molar-refractivity contribution is 0.474. The van der Waals surface area contributed by atoms with Crippen molar-refractivity contribution in [3.05, 3.63) is 87.0 Å². The third kappa shape index (κ3) is 6.16. The predicted octanol–water partition coefficient (Wildman–Crippen LogP) is 5.73. The Bertz CT molecular complexity index is 1300. The van der Waals surface area contributed by atoms with Crippen LogP contribution in [0.3, 0.4) is 0 Å². The smallest absolute Gasteiger partial charge is 0.250 e. The van der Waals surface area contributed by atoms with Gasteiger partial charge in [0.05, 0.1) is 6.21 Å². The summed E-state index contributed by atoms with van der Waals surface area (Å²) in [6.45, 7) is 4.07. The van der Waals surface area contributed by atoms with Crippen LogP contribution in [0.1, 0.15) is 16.7 Å². The summed E-state index contributed by atoms with van der Waals surface area (Å²) < 4.78 is 0.987. The Labute approximate surface area is 205 Å². The van der Waals surface area contributed by atoms with Gasteiger partial charge < -0.3 is 15.7 Å². The molecule has 0 fully saturated rings. The van der Waals surface area contributed by atoms with E-state index in [1.165, 1.54) is 11.8 Å². The van der Waals surface area contributed by atoms with Gasteiger partial charge in [-0.05, 0) is 78.4 Å². The number of phenolic OH excluding ortho intramolecular Hbond substituents is 1. The van der Waals surface area contributed by atoms with Crippen molar-refractivity contribution in [3.63, 3.8) is 0 Å². The number of halogens is 1. The summed E-state index contributed by atoms with van der Waals surface area (Å²) in [6, 6.07) is 21.0. The molecule has 9 heteroatoms. The number of benzene rings is 3. The first-order valence-corrected chi connectivity index (χ1v) is 11.2. The van der Waals surface area contributed by atoms with Gasteiger partial charge in [-0.25, -0.2) is 5.43 Å². The van der Waals surface area contributed by atoms with Gasteiger partial charge in [0.1, 0.15) is 5.75 Å². The molecule has 0 aliphatic rings. The van der Waals surface area contributed by atoms with Crippen molar-refractivity contribution in [1.82, 2.24) is 15.0 Å². The van der Waals surface area contributed by atoms with Crippen molar-refractivity contribution in [3.8, 4) is 5.75 Å². The lowest BCUT2D eigenvalue weighted by Crippen LogP contribution is -2.07. The van der Waals surface area contributed by atoms with Crippen LogP contribution in [0.25, 0.3) is 0 Å². The van der Waals surface area contributed by atoms with E-state index in [4.69, 9.17) is 0 Å². The van der Waals surface area contributed by atoms with Gasteiger partial charge in [0, 0.05) is 20.5 Å². The Morgan fingerprint density at radius 3 is 2.33 bits per heavy atom. The van der Waals surface area contributed by atoms with E-state index >= 15 is 0 Å². The zero-order valence-electron chi connectivity index (χ0n) is 18.0. The van der Waals surface area contributed by atoms with Gasteiger partial charge in [-0.3, -0.25) is 0 Å². The summed E-state index contributed by atoms with van der Waals surface area (Å²) in [5.41, 5.74) is 7.41. The van der Waals surface area contributed by atoms with Crippen LogP contribution in [0.2, 0.25) is 0 Å². The van der Waals surface area contributed by atoms with Gasteiger partial charge in [0.25, 0.3) is 0 Å². The molecule has 0 spiro atoms. The molecular formula is C24H22IN7O. The second-order valence-electron chi connectivity index (χ2n) is 7.31. The Hall–Kier alpha value is -3.73. The van der Waals surface area contributed by atoms with Crippen LogP contribution in [0.4, 0.5) is 29.2 Å². The summed E-state index contributed by atoms with van der Waals surface area (Å²) in [5, 5.41) is 20.6. The minimum Gasteiger partial charge on any atom is -0.507 e. The van der Waals surface area contributed by atoms with E-state index < -0.39 is 0 Å². The van der Waals surface area contributed by atoms with Gasteiger partial charge in [-0.15, -0.1) is 0 Å². The van der Waals surface area contributed by atoms with Gasteiger partial charge in [-0.2, -0.15) is 20.1 Å². The number of para-hydroxylation sites is 1. The minimum absolute atomic E-state index is 0.139. The second kappa shape index (κ2) is 10.3. The standard InChI is InChI=1S/C24H22IN7O/c1-15-8-10-20(16(2)12-15)28-23-29-22(27-19-6-4-3-5-7-19)30-24(31-23)32-26-14-17-13-18(25)9-11-21(17)33/h3-14,33H,1-2H3,(H3,27,28,29,30,31,32). The number of aromatic nitrogens is 3. The molecule has 33 heavy (non-hydrogen) atoms. The Balaban J connectivity index is 1.61. The van der Waals surface area contributed by atoms with E-state index in [-0.39, 0.29) is 11.7 Å². The maximum atomic E-state index is 10.0. The number of anilines is 5. The molecule has 166 valence electrons. The summed E-state index contributed by atoms with van der Waals surface area (Å²) in [4.78, 5) is 13.4. The molecular weight excluding hydrogens is 529 g/mol. The lowest BCUT2D eigenvalue weighted by atomic mass is 10.1. The van der Waals surface area contributed by atoms with E-state index in [9.17, 15) is 5.11 Å². The molecule has 0 unspecified atom stereocenters. The van der Waals surface area contributed by atoms with Crippen molar-refractivity contribution in [2.75, 3.05) is 16.1 Å². The van der Waals surface area contributed by atoms with Gasteiger partial charge >= 0.3 is 0 Å². The number of hydrogen-bond acceptors (Lipinski definition) is 8. The number of rotatable bonds is 7. The number of hydrogen-bond donors (Lipinski definition) is 4. The third-order valence-electron chi connectivity index (χ3n) is 4.65. The monoisotopic (exact) mass is 551 g/mol. The first-order valence-electron chi connectivity index (χ1n) is 10.2. The van der Waals surface area contributed by atoms with Crippen molar-refractivity contribution >= 4 is 58.0 Å². The van der Waals surface area contributed by atoms with Crippen molar-refractivity contribution in [1.29, 1.82) is 0 Å². The van der Waals surface area contributed by atoms with Crippen LogP contribution in [0.15, 0.2) is 71.8 Å². The van der Waals surface area contributed by atoms with Crippen LogP contribution in [0.5, 0.6) is 5.75 Å². The highest BCUT2D eigenvalue weighted by Crippen LogP contribution is 2.22. The molecule has 0 aliphatic carbocycles. The fraction of sp³-hybridized carbons (Fsp3) is 0.0833. The molecule has 0 aliphatic heterocycles. The maximum absolute atomic E-state index is 10.0. The summed E-state index contributed by atoms with van der Waals surface area (Å²) >= 11 is 2.18. The normalized spacial score (nSPS) is 10.9. The van der Waals surface area contributed by atoms with E-state index in [1.807, 2.05) is 68.4 Å². The molecule has 4 N–H and O–H groups in total. The van der Waals surface area contributed by atoms with E-state index in [2.05, 4.69) is 64.8 Å². The summed E-state index contributed by atoms with van der Waals surface area (Å²) in [7, 11) is 0. The van der Waals surface area contributed by atoms with Gasteiger partial charge in [-0.1, -0.05) is 35.9 Å². The Morgan fingerprint density at radius 2 is 1.58 bits per heavy atom. The number of nitrogens with one attached hydrogen (secondary N) is 3. The lowest BCUT2D eigenvalue weighted by Gasteiger charge is -2.12. The molecule has 8 nitrogen and oxygen atoms in total. The largest absolute Gasteiger partial charge is 0.507 e. The van der Waals surface area contributed by atoms with Crippen molar-refractivity contribution in [2.45, 2.75) is 13.8 Å². The highest BCUT2D eigenvalue weighted by atomic mass is 127. The van der Waals surface area contributed by atoms with Gasteiger partial charge in [0.2, 0.25) is 17.8 Å². The molecule has 0 saturated heterocycles. The highest BCUT2D eigenvalue weighted by Gasteiger charge is 2.09. The molecule has 4 aromatic rings. The number of aryl methyl sites for hydroxylation is 2. The average molecular weight is 551 g/mol. The van der Waals surface area contributed by atoms with E-state index in [0.29, 0.717) is 17.5 Å². The summed E-state index contributed by atoms with van der Waals surface area (Å²) in [6.07, 6.45) is 1.52. The van der Waals surface area contributed by atoms with Crippen molar-refractivity contribution < 1.29 is 5.11 Å². The quantitative estimate of drug-likeness (QED) is 0.132. The number of hydrazone groups is 1. The molecule has 0 saturated carbocycles. The molecule has 1 aromatic heterocycles. The molecule has 0 atom stereocenters. The van der Waals surface area contributed by atoms with E-state index in [0.717, 1.165) is 20.5 Å². The SMILES string of the molecule is Cc1ccc(Nc2nc(NN=Cc3cc(I)ccc3O)nc(Nc3ccccc3)n2)c(C)c1. The molecule has 0 radical (unpaired) electrons. The second-order valence-corrected chi connectivity index (χ2v) is 8.56. The molecule has 1 heterocycles. The zero-order chi connectivity index (χ0) is 23.2. The predicted molar refractivity (Wildman–Crippen MR) is 141 cm³/mol. The fourth-order valence-corrected chi connectivity index (χ4v) is 3.57. The first-order chi connectivity index (χ1) is 16.0. The number of phenols is 1. The molecule has 3 aromatic carbocycles. The van der Waals surface area contributed by atoms with E-state index in [1.54, 1.807) is 6.07 Å². The number of aromatic hydroxyl groups is 1. The summed E-state index contributed by atoms with van der Waals surface area (Å²) in [5.74, 6) is 1.11. The third-order valence-corrected chi connectivity index (χ3v) is 5.32. The first kappa shape index (κ1) is 22.5. The highest BCUT2D eigenvalue weighted by molar-refractivity contribution is 14.1. The fourth-order valence-electron chi connectivity index (χ4n) is 3.05. The molecule has 0 bridgehead atoms. The average Bonchev–Trinajstić information content (AvgIpc) is 2.79. The van der Waals surface area contributed by atoms with Crippen LogP contribution in [-0.2, 0) is 0 Å². The minimum atomic E-state index is 0.139. The van der Waals surface area contributed by atoms with Crippen LogP contribution < -0.4 is 16.1 Å². The van der Waals surface area contributed by atoms with Gasteiger partial charge in [0.15, 0.2) is 0 Å². The topological polar surface area (TPSA) is 107 Å².